The van der Waals surface area contributed by atoms with E-state index < -0.39 is 0 Å². The molecule has 17 heavy (non-hydrogen) atoms. The van der Waals surface area contributed by atoms with Gasteiger partial charge < -0.3 is 5.32 Å². The first-order valence-electron chi connectivity index (χ1n) is 5.76. The first-order chi connectivity index (χ1) is 8.25. The molecule has 0 spiro atoms. The molecule has 1 aliphatic heterocycles. The Bertz CT molecular complexity index is 426. The topological polar surface area (TPSA) is 67.5 Å². The fourth-order valence-electron chi connectivity index (χ4n) is 1.86. The van der Waals surface area contributed by atoms with Crippen LogP contribution in [-0.4, -0.2) is 23.8 Å². The van der Waals surface area contributed by atoms with Gasteiger partial charge in [0.05, 0.1) is 17.3 Å². The van der Waals surface area contributed by atoms with Crippen molar-refractivity contribution < 1.29 is 4.92 Å². The summed E-state index contributed by atoms with van der Waals surface area (Å²) < 4.78 is 0. The number of hydrogen-bond donors (Lipinski definition) is 1. The number of non-ortho nitro benzene ring substituents is 1. The minimum atomic E-state index is -0.374. The van der Waals surface area contributed by atoms with Crippen molar-refractivity contribution in [3.8, 4) is 0 Å². The van der Waals surface area contributed by atoms with Crippen molar-refractivity contribution in [3.63, 3.8) is 0 Å². The van der Waals surface area contributed by atoms with Crippen LogP contribution < -0.4 is 5.32 Å². The first kappa shape index (κ1) is 11.6. The highest BCUT2D eigenvalue weighted by atomic mass is 16.6. The van der Waals surface area contributed by atoms with Crippen molar-refractivity contribution in [2.75, 3.05) is 13.1 Å². The molecule has 0 saturated carbocycles. The molecule has 1 aliphatic rings. The fourth-order valence-corrected chi connectivity index (χ4v) is 1.86. The van der Waals surface area contributed by atoms with Gasteiger partial charge in [0.1, 0.15) is 0 Å². The Balaban J connectivity index is 1.80. The van der Waals surface area contributed by atoms with Crippen LogP contribution in [0.1, 0.15) is 18.4 Å². The maximum absolute atomic E-state index is 10.5. The van der Waals surface area contributed by atoms with Gasteiger partial charge in [0.2, 0.25) is 0 Å². The summed E-state index contributed by atoms with van der Waals surface area (Å²) in [6.07, 6.45) is 2.90. The summed E-state index contributed by atoms with van der Waals surface area (Å²) in [4.78, 5) is 14.4. The largest absolute Gasteiger partial charge is 0.372 e. The van der Waals surface area contributed by atoms with E-state index in [1.165, 1.54) is 0 Å². The van der Waals surface area contributed by atoms with Crippen LogP contribution in [0, 0.1) is 10.1 Å². The Morgan fingerprint density at radius 1 is 1.29 bits per heavy atom. The second-order valence-corrected chi connectivity index (χ2v) is 4.03. The fraction of sp³-hybridized carbons (Fsp3) is 0.417. The Morgan fingerprint density at radius 2 is 2.06 bits per heavy atom. The minimum absolute atomic E-state index is 0.149. The number of benzene rings is 1. The third-order valence-electron chi connectivity index (χ3n) is 2.77. The van der Waals surface area contributed by atoms with Crippen LogP contribution in [0.25, 0.3) is 0 Å². The second kappa shape index (κ2) is 5.43. The average molecular weight is 233 g/mol. The first-order valence-corrected chi connectivity index (χ1v) is 5.76. The molecule has 0 unspecified atom stereocenters. The molecule has 1 aromatic carbocycles. The zero-order valence-corrected chi connectivity index (χ0v) is 9.56. The molecule has 1 N–H and O–H groups in total. The van der Waals surface area contributed by atoms with Crippen molar-refractivity contribution in [3.05, 3.63) is 39.9 Å². The van der Waals surface area contributed by atoms with Gasteiger partial charge in [-0.1, -0.05) is 12.1 Å². The number of nitrogens with one attached hydrogen (secondary N) is 1. The number of nitrogens with zero attached hydrogens (tertiary/aromatic N) is 2. The number of rotatable bonds is 5. The van der Waals surface area contributed by atoms with Crippen LogP contribution in [0.3, 0.4) is 0 Å². The molecule has 1 aromatic rings. The number of amidine groups is 1. The molecule has 90 valence electrons. The SMILES string of the molecule is O=[N+]([O-])c1ccc(CCCC2=NCCN2)cc1. The molecule has 2 rings (SSSR count). The van der Waals surface area contributed by atoms with Crippen LogP contribution in [0.4, 0.5) is 5.69 Å². The summed E-state index contributed by atoms with van der Waals surface area (Å²) >= 11 is 0. The molecule has 5 nitrogen and oxygen atoms in total. The summed E-state index contributed by atoms with van der Waals surface area (Å²) in [5.41, 5.74) is 1.28. The van der Waals surface area contributed by atoms with E-state index in [4.69, 9.17) is 0 Å². The standard InChI is InChI=1S/C12H15N3O2/c16-15(17)11-6-4-10(5-7-11)2-1-3-12-13-8-9-14-12/h4-7H,1-3,8-9H2,(H,13,14). The normalized spacial score (nSPS) is 14.2. The van der Waals surface area contributed by atoms with Crippen molar-refractivity contribution >= 4 is 11.5 Å². The summed E-state index contributed by atoms with van der Waals surface area (Å²) in [7, 11) is 0. The van der Waals surface area contributed by atoms with Gasteiger partial charge in [0, 0.05) is 25.1 Å². The van der Waals surface area contributed by atoms with E-state index in [0.29, 0.717) is 0 Å². The van der Waals surface area contributed by atoms with E-state index in [0.717, 1.165) is 43.8 Å². The Hall–Kier alpha value is -1.91. The molecule has 0 aliphatic carbocycles. The van der Waals surface area contributed by atoms with Gasteiger partial charge in [-0.25, -0.2) is 0 Å². The maximum atomic E-state index is 10.5. The number of nitro benzene ring substituents is 1. The van der Waals surface area contributed by atoms with E-state index in [-0.39, 0.29) is 10.6 Å². The molecule has 0 bridgehead atoms. The third-order valence-corrected chi connectivity index (χ3v) is 2.77. The summed E-state index contributed by atoms with van der Waals surface area (Å²) in [5, 5.41) is 13.7. The average Bonchev–Trinajstić information content (AvgIpc) is 2.83. The predicted molar refractivity (Wildman–Crippen MR) is 66.3 cm³/mol. The number of hydrogen-bond acceptors (Lipinski definition) is 4. The third kappa shape index (κ3) is 3.27. The number of nitro groups is 1. The molecular formula is C12H15N3O2. The van der Waals surface area contributed by atoms with Crippen LogP contribution in [-0.2, 0) is 6.42 Å². The highest BCUT2D eigenvalue weighted by molar-refractivity contribution is 5.83. The molecule has 0 fully saturated rings. The second-order valence-electron chi connectivity index (χ2n) is 4.03. The van der Waals surface area contributed by atoms with Crippen LogP contribution in [0.5, 0.6) is 0 Å². The quantitative estimate of drug-likeness (QED) is 0.624. The van der Waals surface area contributed by atoms with Gasteiger partial charge in [0.25, 0.3) is 5.69 Å². The van der Waals surface area contributed by atoms with Crippen LogP contribution >= 0.6 is 0 Å². The summed E-state index contributed by atoms with van der Waals surface area (Å²) in [6, 6.07) is 6.76. The van der Waals surface area contributed by atoms with Gasteiger partial charge >= 0.3 is 0 Å². The lowest BCUT2D eigenvalue weighted by Gasteiger charge is -2.02. The van der Waals surface area contributed by atoms with Crippen molar-refractivity contribution in [1.29, 1.82) is 0 Å². The van der Waals surface area contributed by atoms with E-state index in [1.807, 2.05) is 12.1 Å². The zero-order valence-electron chi connectivity index (χ0n) is 9.56. The van der Waals surface area contributed by atoms with Crippen LogP contribution in [0.2, 0.25) is 0 Å². The van der Waals surface area contributed by atoms with E-state index >= 15 is 0 Å². The van der Waals surface area contributed by atoms with Gasteiger partial charge in [0.15, 0.2) is 0 Å². The lowest BCUT2D eigenvalue weighted by atomic mass is 10.1. The van der Waals surface area contributed by atoms with Crippen LogP contribution in [0.15, 0.2) is 29.3 Å². The van der Waals surface area contributed by atoms with Crippen molar-refractivity contribution in [2.24, 2.45) is 4.99 Å². The molecule has 5 heteroatoms. The van der Waals surface area contributed by atoms with E-state index in [1.54, 1.807) is 12.1 Å². The molecular weight excluding hydrogens is 218 g/mol. The van der Waals surface area contributed by atoms with Crippen molar-refractivity contribution in [2.45, 2.75) is 19.3 Å². The summed E-state index contributed by atoms with van der Waals surface area (Å²) in [5.74, 6) is 1.09. The highest BCUT2D eigenvalue weighted by Crippen LogP contribution is 2.13. The monoisotopic (exact) mass is 233 g/mol. The van der Waals surface area contributed by atoms with E-state index in [9.17, 15) is 10.1 Å². The highest BCUT2D eigenvalue weighted by Gasteiger charge is 2.06. The van der Waals surface area contributed by atoms with Gasteiger partial charge in [-0.3, -0.25) is 15.1 Å². The van der Waals surface area contributed by atoms with E-state index in [2.05, 4.69) is 10.3 Å². The Kier molecular flexibility index (Phi) is 3.69. The molecule has 0 amide bonds. The maximum Gasteiger partial charge on any atom is 0.269 e. The Labute approximate surface area is 99.7 Å². The molecule has 0 saturated heterocycles. The summed E-state index contributed by atoms with van der Waals surface area (Å²) in [6.45, 7) is 1.83. The van der Waals surface area contributed by atoms with Gasteiger partial charge in [-0.2, -0.15) is 0 Å². The van der Waals surface area contributed by atoms with Gasteiger partial charge in [-0.05, 0) is 18.4 Å². The predicted octanol–water partition coefficient (Wildman–Crippen LogP) is 1.92. The lowest BCUT2D eigenvalue weighted by Crippen LogP contribution is -2.18. The Morgan fingerprint density at radius 3 is 2.65 bits per heavy atom. The number of aliphatic imine (C=N–C) groups is 1. The lowest BCUT2D eigenvalue weighted by molar-refractivity contribution is -0.384. The zero-order chi connectivity index (χ0) is 12.1. The molecule has 1 heterocycles. The minimum Gasteiger partial charge on any atom is -0.372 e. The molecule has 0 atom stereocenters. The molecule has 0 radical (unpaired) electrons. The smallest absolute Gasteiger partial charge is 0.269 e. The van der Waals surface area contributed by atoms with Crippen molar-refractivity contribution in [1.82, 2.24) is 5.32 Å². The van der Waals surface area contributed by atoms with Gasteiger partial charge in [-0.15, -0.1) is 0 Å². The molecule has 0 aromatic heterocycles. The number of aryl methyl sites for hydroxylation is 1.